The molecule has 1 saturated heterocycles. The molecule has 0 aromatic carbocycles. The zero-order valence-electron chi connectivity index (χ0n) is 9.31. The second kappa shape index (κ2) is 4.52. The maximum absolute atomic E-state index is 9.54. The zero-order valence-corrected chi connectivity index (χ0v) is 9.31. The first kappa shape index (κ1) is 10.9. The number of nitrogens with zero attached hydrogens (tertiary/aromatic N) is 3. The van der Waals surface area contributed by atoms with Gasteiger partial charge in [-0.2, -0.15) is 9.71 Å². The quantitative estimate of drug-likeness (QED) is 0.693. The van der Waals surface area contributed by atoms with E-state index >= 15 is 0 Å². The molecule has 16 heavy (non-hydrogen) atoms. The molecule has 2 N–H and O–H groups in total. The van der Waals surface area contributed by atoms with Gasteiger partial charge in [0.1, 0.15) is 5.82 Å². The summed E-state index contributed by atoms with van der Waals surface area (Å²) in [6, 6.07) is 1.82. The largest absolute Gasteiger partial charge is 0.425 e. The van der Waals surface area contributed by atoms with Crippen molar-refractivity contribution >= 4 is 5.82 Å². The molecule has 0 bridgehead atoms. The van der Waals surface area contributed by atoms with Gasteiger partial charge in [-0.3, -0.25) is 5.41 Å². The summed E-state index contributed by atoms with van der Waals surface area (Å²) in [7, 11) is 0. The lowest BCUT2D eigenvalue weighted by atomic mass is 10.3. The fourth-order valence-corrected chi connectivity index (χ4v) is 1.74. The number of hydrogen-bond acceptors (Lipinski definition) is 5. The summed E-state index contributed by atoms with van der Waals surface area (Å²) in [6.07, 6.45) is 0.669. The third kappa shape index (κ3) is 2.01. The molecule has 88 valence electrons. The lowest BCUT2D eigenvalue weighted by molar-refractivity contribution is 0.121. The Bertz CT molecular complexity index is 423. The number of rotatable bonds is 2. The highest BCUT2D eigenvalue weighted by Crippen LogP contribution is 2.12. The third-order valence-corrected chi connectivity index (χ3v) is 2.69. The molecular weight excluding hydrogens is 208 g/mol. The number of aromatic nitrogens is 2. The number of anilines is 1. The molecular formula is C10H16N4O2. The van der Waals surface area contributed by atoms with Gasteiger partial charge in [-0.15, -0.1) is 0 Å². The van der Waals surface area contributed by atoms with Gasteiger partial charge in [0.2, 0.25) is 0 Å². The van der Waals surface area contributed by atoms with E-state index in [4.69, 9.17) is 10.1 Å². The lowest BCUT2D eigenvalue weighted by Gasteiger charge is -2.28. The Morgan fingerprint density at radius 1 is 1.50 bits per heavy atom. The molecule has 0 saturated carbocycles. The van der Waals surface area contributed by atoms with E-state index in [0.717, 1.165) is 23.6 Å². The van der Waals surface area contributed by atoms with Crippen LogP contribution >= 0.6 is 0 Å². The molecule has 2 heterocycles. The van der Waals surface area contributed by atoms with Gasteiger partial charge in [0, 0.05) is 19.2 Å². The average Bonchev–Trinajstić information content (AvgIpc) is 2.33. The van der Waals surface area contributed by atoms with E-state index in [1.807, 2.05) is 13.0 Å². The van der Waals surface area contributed by atoms with Gasteiger partial charge in [-0.1, -0.05) is 6.92 Å². The van der Waals surface area contributed by atoms with Crippen molar-refractivity contribution in [2.24, 2.45) is 0 Å². The first-order chi connectivity index (χ1) is 7.72. The minimum atomic E-state index is -0.124. The average molecular weight is 224 g/mol. The number of aryl methyl sites for hydroxylation is 1. The molecule has 0 spiro atoms. The lowest BCUT2D eigenvalue weighted by Crippen LogP contribution is -2.38. The Hall–Kier alpha value is -1.56. The van der Waals surface area contributed by atoms with Crippen LogP contribution in [0.5, 0.6) is 0 Å². The zero-order chi connectivity index (χ0) is 11.5. The smallest absolute Gasteiger partial charge is 0.257 e. The van der Waals surface area contributed by atoms with Crippen molar-refractivity contribution in [1.29, 1.82) is 5.41 Å². The first-order valence-corrected chi connectivity index (χ1v) is 5.42. The van der Waals surface area contributed by atoms with Gasteiger partial charge in [0.05, 0.1) is 18.9 Å². The van der Waals surface area contributed by atoms with Gasteiger partial charge in [0.15, 0.2) is 0 Å². The topological polar surface area (TPSA) is 74.4 Å². The van der Waals surface area contributed by atoms with Crippen LogP contribution in [0.15, 0.2) is 6.07 Å². The third-order valence-electron chi connectivity index (χ3n) is 2.69. The summed E-state index contributed by atoms with van der Waals surface area (Å²) in [5, 5.41) is 17.1. The van der Waals surface area contributed by atoms with E-state index in [2.05, 4.69) is 9.88 Å². The Morgan fingerprint density at radius 3 is 2.81 bits per heavy atom. The Balaban J connectivity index is 2.33. The number of hydrogen-bond donors (Lipinski definition) is 2. The van der Waals surface area contributed by atoms with Crippen LogP contribution in [-0.4, -0.2) is 41.2 Å². The summed E-state index contributed by atoms with van der Waals surface area (Å²) in [6.45, 7) is 4.87. The summed E-state index contributed by atoms with van der Waals surface area (Å²) < 4.78 is 6.08. The van der Waals surface area contributed by atoms with Crippen LogP contribution in [0, 0.1) is 5.41 Å². The predicted molar refractivity (Wildman–Crippen MR) is 57.7 cm³/mol. The van der Waals surface area contributed by atoms with Crippen LogP contribution in [0.25, 0.3) is 0 Å². The van der Waals surface area contributed by atoms with Gasteiger partial charge in [-0.05, 0) is 6.42 Å². The SMILES string of the molecule is CCc1cc(N2CCOCC2)nc(=N)n1O. The summed E-state index contributed by atoms with van der Waals surface area (Å²) in [4.78, 5) is 6.13. The molecule has 0 aliphatic carbocycles. The van der Waals surface area contributed by atoms with Crippen molar-refractivity contribution in [3.8, 4) is 0 Å². The van der Waals surface area contributed by atoms with E-state index < -0.39 is 0 Å². The van der Waals surface area contributed by atoms with Crippen molar-refractivity contribution in [3.05, 3.63) is 17.4 Å². The van der Waals surface area contributed by atoms with Crippen molar-refractivity contribution < 1.29 is 9.94 Å². The Morgan fingerprint density at radius 2 is 2.19 bits per heavy atom. The van der Waals surface area contributed by atoms with E-state index in [1.54, 1.807) is 0 Å². The Kier molecular flexibility index (Phi) is 3.09. The minimum absolute atomic E-state index is 0.124. The number of nitrogens with one attached hydrogen (secondary N) is 1. The summed E-state index contributed by atoms with van der Waals surface area (Å²) >= 11 is 0. The van der Waals surface area contributed by atoms with Crippen LogP contribution < -0.4 is 10.5 Å². The van der Waals surface area contributed by atoms with Gasteiger partial charge < -0.3 is 14.8 Å². The second-order valence-electron chi connectivity index (χ2n) is 3.69. The van der Waals surface area contributed by atoms with Crippen LogP contribution in [0.3, 0.4) is 0 Å². The molecule has 1 aliphatic rings. The standard InChI is InChI=1S/C10H16N4O2/c1-2-8-7-9(12-10(11)14(8)15)13-3-5-16-6-4-13/h7,11,15H,2-6H2,1H3. The summed E-state index contributed by atoms with van der Waals surface area (Å²) in [5.74, 6) is 0.746. The molecule has 0 radical (unpaired) electrons. The highest BCUT2D eigenvalue weighted by atomic mass is 16.5. The van der Waals surface area contributed by atoms with Crippen molar-refractivity contribution in [2.45, 2.75) is 13.3 Å². The van der Waals surface area contributed by atoms with Crippen LogP contribution in [0.4, 0.5) is 5.82 Å². The molecule has 1 aliphatic heterocycles. The maximum Gasteiger partial charge on any atom is 0.257 e. The van der Waals surface area contributed by atoms with Gasteiger partial charge >= 0.3 is 0 Å². The maximum atomic E-state index is 9.54. The second-order valence-corrected chi connectivity index (χ2v) is 3.69. The van der Waals surface area contributed by atoms with E-state index in [-0.39, 0.29) is 5.62 Å². The molecule has 0 atom stereocenters. The molecule has 6 nitrogen and oxygen atoms in total. The number of ether oxygens (including phenoxy) is 1. The molecule has 6 heteroatoms. The molecule has 1 aromatic rings. The molecule has 1 fully saturated rings. The summed E-state index contributed by atoms with van der Waals surface area (Å²) in [5.41, 5.74) is 0.572. The van der Waals surface area contributed by atoms with Crippen LogP contribution in [0.2, 0.25) is 0 Å². The van der Waals surface area contributed by atoms with Crippen LogP contribution in [0.1, 0.15) is 12.6 Å². The normalized spacial score (nSPS) is 16.4. The molecule has 2 rings (SSSR count). The minimum Gasteiger partial charge on any atom is -0.425 e. The van der Waals surface area contributed by atoms with Crippen molar-refractivity contribution in [2.75, 3.05) is 31.2 Å². The molecule has 0 amide bonds. The monoisotopic (exact) mass is 224 g/mol. The number of morpholine rings is 1. The fraction of sp³-hybridized carbons (Fsp3) is 0.600. The fourth-order valence-electron chi connectivity index (χ4n) is 1.74. The van der Waals surface area contributed by atoms with E-state index in [0.29, 0.717) is 25.3 Å². The first-order valence-electron chi connectivity index (χ1n) is 5.42. The highest BCUT2D eigenvalue weighted by molar-refractivity contribution is 5.39. The van der Waals surface area contributed by atoms with E-state index in [1.165, 1.54) is 0 Å². The Labute approximate surface area is 93.6 Å². The highest BCUT2D eigenvalue weighted by Gasteiger charge is 2.14. The van der Waals surface area contributed by atoms with Gasteiger partial charge in [-0.25, -0.2) is 0 Å². The van der Waals surface area contributed by atoms with Gasteiger partial charge in [0.25, 0.3) is 5.62 Å². The van der Waals surface area contributed by atoms with Crippen molar-refractivity contribution in [1.82, 2.24) is 9.71 Å². The van der Waals surface area contributed by atoms with E-state index in [9.17, 15) is 5.21 Å². The van der Waals surface area contributed by atoms with Crippen LogP contribution in [-0.2, 0) is 11.2 Å². The molecule has 0 unspecified atom stereocenters. The predicted octanol–water partition coefficient (Wildman–Crippen LogP) is -0.00113. The van der Waals surface area contributed by atoms with Crippen molar-refractivity contribution in [3.63, 3.8) is 0 Å². The molecule has 1 aromatic heterocycles.